The van der Waals surface area contributed by atoms with Crippen LogP contribution in [0.5, 0.6) is 5.75 Å². The molecule has 10 heteroatoms. The summed E-state index contributed by atoms with van der Waals surface area (Å²) >= 11 is 1.53. The van der Waals surface area contributed by atoms with Crippen molar-refractivity contribution in [3.05, 3.63) is 29.1 Å². The number of nitrogens with two attached hydrogens (primary N) is 1. The molecule has 1 unspecified atom stereocenters. The molecular weight excluding hydrogens is 391 g/mol. The van der Waals surface area contributed by atoms with Crippen LogP contribution in [0.3, 0.4) is 0 Å². The van der Waals surface area contributed by atoms with E-state index in [1.807, 2.05) is 29.6 Å². The number of methoxy groups -OCH3 is 1. The lowest BCUT2D eigenvalue weighted by Gasteiger charge is -2.20. The summed E-state index contributed by atoms with van der Waals surface area (Å²) in [5.74, 6) is 0.821. The Bertz CT molecular complexity index is 813. The lowest BCUT2D eigenvalue weighted by Crippen LogP contribution is -2.90. The van der Waals surface area contributed by atoms with E-state index in [9.17, 15) is 4.79 Å². The van der Waals surface area contributed by atoms with Crippen LogP contribution in [0.15, 0.2) is 24.3 Å². The molecule has 0 saturated carbocycles. The number of rotatable bonds is 5. The molecule has 1 atom stereocenters. The molecule has 1 saturated heterocycles. The smallest absolute Gasteiger partial charge is 0.356 e. The standard InChI is InChI=1S/C17H22N2O2S.H3O4P/c1-3-19-10-6-7-12(19)11-18-17(20)16-15(21-2)13-8-4-5-9-14(13)22-16;1-5(2,3)4/h4-5,8-9,12H,3,6-7,10-11H2,1-2H3,(H,18,20);(H3,1,2,3,4). The maximum absolute atomic E-state index is 12.6. The molecule has 1 aromatic heterocycles. The van der Waals surface area contributed by atoms with Crippen molar-refractivity contribution in [2.75, 3.05) is 26.7 Å². The molecule has 1 aliphatic rings. The molecule has 1 aliphatic heterocycles. The number of carbonyl (C=O) groups excluding carboxylic acids is 1. The summed E-state index contributed by atoms with van der Waals surface area (Å²) in [5.41, 5.74) is 0. The number of phosphoric acid groups is 1. The summed E-state index contributed by atoms with van der Waals surface area (Å²) in [4.78, 5) is 38.7. The number of primary amides is 1. The predicted octanol–water partition coefficient (Wildman–Crippen LogP) is 0.537. The molecule has 1 amide bonds. The first-order valence-electron chi connectivity index (χ1n) is 8.68. The van der Waals surface area contributed by atoms with Gasteiger partial charge in [0.05, 0.1) is 19.7 Å². The predicted molar refractivity (Wildman–Crippen MR) is 102 cm³/mol. The summed E-state index contributed by atoms with van der Waals surface area (Å²) in [6.45, 7) is 5.26. The van der Waals surface area contributed by atoms with Gasteiger partial charge in [-0.15, -0.1) is 11.3 Å². The third-order valence-corrected chi connectivity index (χ3v) is 5.63. The van der Waals surface area contributed by atoms with Crippen molar-refractivity contribution in [1.82, 2.24) is 4.90 Å². The average molecular weight is 416 g/mol. The van der Waals surface area contributed by atoms with E-state index in [0.717, 1.165) is 40.3 Å². The second kappa shape index (κ2) is 9.75. The number of carbonyl (C=O) groups is 1. The van der Waals surface area contributed by atoms with Gasteiger partial charge in [0, 0.05) is 10.1 Å². The molecule has 0 radical (unpaired) electrons. The minimum atomic E-state index is -4.89. The fraction of sp³-hybridized carbons (Fsp3) is 0.471. The first kappa shape index (κ1) is 22.0. The number of amides is 1. The molecule has 1 fully saturated rings. The molecule has 4 N–H and O–H groups in total. The van der Waals surface area contributed by atoms with E-state index in [-0.39, 0.29) is 5.91 Å². The largest absolute Gasteiger partial charge is 0.756 e. The Morgan fingerprint density at radius 3 is 2.74 bits per heavy atom. The second-order valence-corrected chi connectivity index (χ2v) is 8.21. The highest BCUT2D eigenvalue weighted by Gasteiger charge is 2.27. The fourth-order valence-electron chi connectivity index (χ4n) is 3.30. The van der Waals surface area contributed by atoms with Crippen LogP contribution in [0.25, 0.3) is 10.1 Å². The third-order valence-electron chi connectivity index (χ3n) is 4.46. The van der Waals surface area contributed by atoms with Gasteiger partial charge < -0.3 is 19.4 Å². The number of likely N-dealkylation sites (N-methyl/N-ethyl adjacent to an activating group) is 1. The summed E-state index contributed by atoms with van der Waals surface area (Å²) in [7, 11) is -3.25. The van der Waals surface area contributed by atoms with Crippen LogP contribution in [-0.2, 0) is 4.57 Å². The van der Waals surface area contributed by atoms with E-state index in [1.54, 1.807) is 7.11 Å². The van der Waals surface area contributed by atoms with E-state index in [2.05, 4.69) is 11.8 Å². The van der Waals surface area contributed by atoms with Gasteiger partial charge in [0.2, 0.25) is 0 Å². The van der Waals surface area contributed by atoms with E-state index in [0.29, 0.717) is 6.04 Å². The molecule has 2 aromatic rings. The maximum atomic E-state index is 12.6. The monoisotopic (exact) mass is 416 g/mol. The summed E-state index contributed by atoms with van der Waals surface area (Å²) in [6.07, 6.45) is 2.44. The number of ether oxygens (including phenoxy) is 1. The Hall–Kier alpha value is -1.32. The van der Waals surface area contributed by atoms with Crippen molar-refractivity contribution in [2.45, 2.75) is 25.8 Å². The van der Waals surface area contributed by atoms with E-state index < -0.39 is 7.82 Å². The van der Waals surface area contributed by atoms with Crippen molar-refractivity contribution in [3.8, 4) is 5.75 Å². The highest BCUT2D eigenvalue weighted by molar-refractivity contribution is 7.43. The Labute approximate surface area is 162 Å². The quantitative estimate of drug-likeness (QED) is 0.607. The van der Waals surface area contributed by atoms with Gasteiger partial charge in [-0.25, -0.2) is 4.79 Å². The Balaban J connectivity index is 0.000000465. The second-order valence-electron chi connectivity index (χ2n) is 6.18. The molecule has 3 rings (SSSR count). The highest BCUT2D eigenvalue weighted by atomic mass is 32.1. The van der Waals surface area contributed by atoms with Crippen LogP contribution in [0.4, 0.5) is 0 Å². The summed E-state index contributed by atoms with van der Waals surface area (Å²) in [5, 5.41) is 2.88. The minimum absolute atomic E-state index is 0.0982. The van der Waals surface area contributed by atoms with E-state index in [1.165, 1.54) is 24.2 Å². The van der Waals surface area contributed by atoms with Gasteiger partial charge in [0.1, 0.15) is 0 Å². The first-order valence-corrected chi connectivity index (χ1v) is 11.0. The first-order chi connectivity index (χ1) is 12.7. The van der Waals surface area contributed by atoms with Gasteiger partial charge in [0.25, 0.3) is 7.82 Å². The highest BCUT2D eigenvalue weighted by Crippen LogP contribution is 2.36. The van der Waals surface area contributed by atoms with Crippen molar-refractivity contribution in [2.24, 2.45) is 0 Å². The van der Waals surface area contributed by atoms with Crippen LogP contribution in [-0.4, -0.2) is 53.4 Å². The van der Waals surface area contributed by atoms with Crippen LogP contribution in [0, 0.1) is 0 Å². The van der Waals surface area contributed by atoms with Gasteiger partial charge in [-0.3, -0.25) is 14.8 Å². The normalized spacial score (nSPS) is 17.6. The van der Waals surface area contributed by atoms with Crippen LogP contribution in [0.1, 0.15) is 29.4 Å². The zero-order valence-corrected chi connectivity index (χ0v) is 17.0. The van der Waals surface area contributed by atoms with Gasteiger partial charge >= 0.3 is 5.91 Å². The van der Waals surface area contributed by atoms with Crippen molar-refractivity contribution in [3.63, 3.8) is 0 Å². The van der Waals surface area contributed by atoms with Gasteiger partial charge in [-0.1, -0.05) is 19.1 Å². The molecule has 0 aliphatic carbocycles. The molecular formula is C17H25N2O6PS. The zero-order chi connectivity index (χ0) is 20.0. The number of hydrogen-bond donors (Lipinski definition) is 3. The Kier molecular flexibility index (Phi) is 7.93. The molecule has 0 bridgehead atoms. The number of likely N-dealkylation sites (tertiary alicyclic amines) is 1. The van der Waals surface area contributed by atoms with E-state index in [4.69, 9.17) is 24.0 Å². The van der Waals surface area contributed by atoms with Gasteiger partial charge in [-0.2, -0.15) is 0 Å². The number of hydrogen-bond acceptors (Lipinski definition) is 6. The number of fused-ring (bicyclic) bond motifs is 1. The maximum Gasteiger partial charge on any atom is 0.356 e. The lowest BCUT2D eigenvalue weighted by molar-refractivity contribution is -0.559. The Morgan fingerprint density at radius 1 is 1.44 bits per heavy atom. The number of thiophene rings is 1. The minimum Gasteiger partial charge on any atom is -0.756 e. The van der Waals surface area contributed by atoms with Gasteiger partial charge in [-0.05, 0) is 38.1 Å². The molecule has 2 heterocycles. The summed E-state index contributed by atoms with van der Waals surface area (Å²) in [6, 6.07) is 8.54. The topological polar surface area (TPSA) is 127 Å². The molecule has 150 valence electrons. The SMILES string of the molecule is CCN1CCCC1C[NH2+]C(=O)c1sc2ccccc2c1OC.O=P([O-])(O)O. The van der Waals surface area contributed by atoms with Crippen molar-refractivity contribution < 1.29 is 34.1 Å². The van der Waals surface area contributed by atoms with Crippen LogP contribution >= 0.6 is 19.2 Å². The number of benzene rings is 1. The molecule has 0 spiro atoms. The lowest BCUT2D eigenvalue weighted by atomic mass is 10.2. The van der Waals surface area contributed by atoms with Crippen molar-refractivity contribution in [1.29, 1.82) is 0 Å². The zero-order valence-electron chi connectivity index (χ0n) is 15.3. The summed E-state index contributed by atoms with van der Waals surface area (Å²) < 4.78 is 15.4. The van der Waals surface area contributed by atoms with Gasteiger partial charge in [0.15, 0.2) is 10.6 Å². The van der Waals surface area contributed by atoms with Crippen molar-refractivity contribution >= 4 is 35.2 Å². The van der Waals surface area contributed by atoms with Crippen LogP contribution < -0.4 is 14.9 Å². The Morgan fingerprint density at radius 2 is 2.11 bits per heavy atom. The molecule has 8 nitrogen and oxygen atoms in total. The fourth-order valence-corrected chi connectivity index (χ4v) is 4.41. The van der Waals surface area contributed by atoms with E-state index >= 15 is 0 Å². The average Bonchev–Trinajstić information content (AvgIpc) is 3.21. The molecule has 27 heavy (non-hydrogen) atoms. The third kappa shape index (κ3) is 6.36. The number of nitrogens with zero attached hydrogens (tertiary/aromatic N) is 1. The van der Waals surface area contributed by atoms with Crippen LogP contribution in [0.2, 0.25) is 0 Å². The number of quaternary nitrogens is 1. The molecule has 1 aromatic carbocycles.